The number of nitrogens with zero attached hydrogens (tertiary/aromatic N) is 2. The van der Waals surface area contributed by atoms with Crippen LogP contribution in [-0.4, -0.2) is 102 Å². The normalized spacial score (nSPS) is 34.8. The largest absolute Gasteiger partial charge is 0.480 e. The number of carboxylic acids is 2. The Labute approximate surface area is 210 Å². The minimum absolute atomic E-state index is 0.221. The number of aliphatic hydroxyl groups is 2. The number of carbonyl (C=O) groups is 4. The second kappa shape index (κ2) is 9.70. The SMILES string of the molecule is CC(C)(C)OC(=O)N1[C@@H]2C[C@@H]([C@@H](O)C2)[C@@H]1C(=O)O.CC(C)(C)OC(=O)N1[C@H]2C[C@H]([C@H](O)C2)[C@H]1C(=O)O. The van der Waals surface area contributed by atoms with E-state index in [0.717, 1.165) is 0 Å². The minimum atomic E-state index is -1.08. The molecule has 4 aliphatic rings. The number of piperidine rings is 2. The maximum Gasteiger partial charge on any atom is 0.411 e. The van der Waals surface area contributed by atoms with Crippen molar-refractivity contribution in [2.45, 2.75) is 115 Å². The topological polar surface area (TPSA) is 174 Å². The number of rotatable bonds is 2. The summed E-state index contributed by atoms with van der Waals surface area (Å²) in [6.07, 6.45) is -0.510. The van der Waals surface area contributed by atoms with Crippen molar-refractivity contribution in [2.24, 2.45) is 11.8 Å². The van der Waals surface area contributed by atoms with Crippen LogP contribution in [0.25, 0.3) is 0 Å². The van der Waals surface area contributed by atoms with Gasteiger partial charge in [-0.3, -0.25) is 9.80 Å². The molecule has 2 aliphatic carbocycles. The van der Waals surface area contributed by atoms with E-state index in [1.807, 2.05) is 0 Å². The third-order valence-corrected chi connectivity index (χ3v) is 7.02. The van der Waals surface area contributed by atoms with Crippen LogP contribution in [0.15, 0.2) is 0 Å². The van der Waals surface area contributed by atoms with E-state index in [9.17, 15) is 39.6 Å². The highest BCUT2D eigenvalue weighted by Crippen LogP contribution is 2.44. The monoisotopic (exact) mass is 514 g/mol. The van der Waals surface area contributed by atoms with Gasteiger partial charge in [0.1, 0.15) is 23.3 Å². The number of amides is 2. The lowest BCUT2D eigenvalue weighted by Gasteiger charge is -2.35. The fourth-order valence-electron chi connectivity index (χ4n) is 5.80. The Bertz CT molecular complexity index is 822. The summed E-state index contributed by atoms with van der Waals surface area (Å²) in [5.41, 5.74) is -1.30. The zero-order valence-corrected chi connectivity index (χ0v) is 21.6. The van der Waals surface area contributed by atoms with Crippen molar-refractivity contribution in [3.63, 3.8) is 0 Å². The molecule has 0 spiro atoms. The van der Waals surface area contributed by atoms with Gasteiger partial charge >= 0.3 is 24.1 Å². The second-order valence-corrected chi connectivity index (χ2v) is 12.1. The molecule has 12 nitrogen and oxygen atoms in total. The lowest BCUT2D eigenvalue weighted by atomic mass is 9.96. The second-order valence-electron chi connectivity index (χ2n) is 12.1. The van der Waals surface area contributed by atoms with Gasteiger partial charge in [0.2, 0.25) is 0 Å². The molecule has 0 unspecified atom stereocenters. The molecule has 8 atom stereocenters. The van der Waals surface area contributed by atoms with E-state index >= 15 is 0 Å². The summed E-state index contributed by atoms with van der Waals surface area (Å²) in [5, 5.41) is 37.9. The van der Waals surface area contributed by atoms with Gasteiger partial charge in [-0.2, -0.15) is 0 Å². The number of fused-ring (bicyclic) bond motifs is 4. The van der Waals surface area contributed by atoms with Gasteiger partial charge in [0.05, 0.1) is 12.2 Å². The van der Waals surface area contributed by atoms with Crippen LogP contribution in [0.2, 0.25) is 0 Å². The Balaban J connectivity index is 0.000000201. The number of hydrogen-bond donors (Lipinski definition) is 4. The van der Waals surface area contributed by atoms with Crippen LogP contribution >= 0.6 is 0 Å². The van der Waals surface area contributed by atoms with Crippen LogP contribution in [0.4, 0.5) is 9.59 Å². The lowest BCUT2D eigenvalue weighted by Crippen LogP contribution is -2.53. The van der Waals surface area contributed by atoms with Crippen molar-refractivity contribution in [2.75, 3.05) is 0 Å². The van der Waals surface area contributed by atoms with E-state index in [2.05, 4.69) is 0 Å². The maximum atomic E-state index is 12.0. The molecule has 0 radical (unpaired) electrons. The predicted octanol–water partition coefficient (Wildman–Crippen LogP) is 1.66. The number of carboxylic acid groups (broad SMARTS) is 2. The highest BCUT2D eigenvalue weighted by molar-refractivity contribution is 5.83. The average molecular weight is 515 g/mol. The van der Waals surface area contributed by atoms with Crippen molar-refractivity contribution in [1.29, 1.82) is 0 Å². The predicted molar refractivity (Wildman–Crippen MR) is 124 cm³/mol. The van der Waals surface area contributed by atoms with E-state index < -0.39 is 59.6 Å². The number of hydrogen-bond acceptors (Lipinski definition) is 8. The lowest BCUT2D eigenvalue weighted by molar-refractivity contribution is -0.147. The molecule has 2 saturated carbocycles. The Morgan fingerprint density at radius 2 is 0.944 bits per heavy atom. The summed E-state index contributed by atoms with van der Waals surface area (Å²) < 4.78 is 10.5. The smallest absolute Gasteiger partial charge is 0.411 e. The first kappa shape index (κ1) is 28.0. The van der Waals surface area contributed by atoms with Crippen molar-refractivity contribution in [1.82, 2.24) is 9.80 Å². The van der Waals surface area contributed by atoms with Gasteiger partial charge in [0, 0.05) is 23.9 Å². The molecule has 36 heavy (non-hydrogen) atoms. The van der Waals surface area contributed by atoms with E-state index in [-0.39, 0.29) is 23.9 Å². The van der Waals surface area contributed by atoms with Gasteiger partial charge in [-0.15, -0.1) is 0 Å². The zero-order chi connectivity index (χ0) is 27.3. The molecular formula is C24H38N2O10. The first-order valence-corrected chi connectivity index (χ1v) is 12.3. The number of carbonyl (C=O) groups excluding carboxylic acids is 2. The molecule has 4 N–H and O–H groups in total. The maximum absolute atomic E-state index is 12.0. The van der Waals surface area contributed by atoms with Gasteiger partial charge in [0.25, 0.3) is 0 Å². The van der Waals surface area contributed by atoms with Crippen molar-refractivity contribution < 1.29 is 49.1 Å². The van der Waals surface area contributed by atoms with Crippen LogP contribution in [-0.2, 0) is 19.1 Å². The summed E-state index contributed by atoms with van der Waals surface area (Å²) in [5.74, 6) is -2.90. The molecule has 4 fully saturated rings. The molecule has 204 valence electrons. The van der Waals surface area contributed by atoms with E-state index in [1.54, 1.807) is 41.5 Å². The minimum Gasteiger partial charge on any atom is -0.480 e. The highest BCUT2D eigenvalue weighted by Gasteiger charge is 2.57. The van der Waals surface area contributed by atoms with Gasteiger partial charge in [-0.05, 0) is 67.2 Å². The molecule has 0 aromatic carbocycles. The average Bonchev–Trinajstić information content (AvgIpc) is 3.42. The molecule has 0 aromatic heterocycles. The third-order valence-electron chi connectivity index (χ3n) is 7.02. The molecule has 2 amide bonds. The van der Waals surface area contributed by atoms with E-state index in [0.29, 0.717) is 25.7 Å². The first-order valence-electron chi connectivity index (χ1n) is 12.3. The molecule has 2 heterocycles. The van der Waals surface area contributed by atoms with Crippen molar-refractivity contribution in [3.8, 4) is 0 Å². The Morgan fingerprint density at radius 1 is 0.639 bits per heavy atom. The summed E-state index contributed by atoms with van der Waals surface area (Å²) in [6.45, 7) is 10.4. The van der Waals surface area contributed by atoms with Gasteiger partial charge in [-0.25, -0.2) is 19.2 Å². The summed E-state index contributed by atoms with van der Waals surface area (Å²) in [6, 6.07) is -2.37. The zero-order valence-electron chi connectivity index (χ0n) is 21.6. The van der Waals surface area contributed by atoms with Crippen molar-refractivity contribution in [3.05, 3.63) is 0 Å². The number of likely N-dealkylation sites (tertiary alicyclic amines) is 2. The third kappa shape index (κ3) is 5.69. The van der Waals surface area contributed by atoms with Crippen LogP contribution in [0, 0.1) is 11.8 Å². The quantitative estimate of drug-likeness (QED) is 0.424. The van der Waals surface area contributed by atoms with Crippen molar-refractivity contribution >= 4 is 24.1 Å². The van der Waals surface area contributed by atoms with Crippen LogP contribution in [0.3, 0.4) is 0 Å². The van der Waals surface area contributed by atoms with Crippen LogP contribution < -0.4 is 0 Å². The van der Waals surface area contributed by atoms with E-state index in [1.165, 1.54) is 9.80 Å². The number of aliphatic hydroxyl groups excluding tert-OH is 2. The Hall–Kier alpha value is -2.60. The van der Waals surface area contributed by atoms with Gasteiger partial charge < -0.3 is 29.9 Å². The Kier molecular flexibility index (Phi) is 7.54. The molecule has 12 heteroatoms. The molecule has 2 saturated heterocycles. The number of aliphatic carboxylic acids is 2. The fourth-order valence-corrected chi connectivity index (χ4v) is 5.80. The molecule has 4 rings (SSSR count). The van der Waals surface area contributed by atoms with Crippen LogP contribution in [0.1, 0.15) is 67.2 Å². The van der Waals surface area contributed by atoms with Crippen LogP contribution in [0.5, 0.6) is 0 Å². The molecule has 0 aromatic rings. The van der Waals surface area contributed by atoms with Gasteiger partial charge in [0.15, 0.2) is 0 Å². The first-order chi connectivity index (χ1) is 16.4. The Morgan fingerprint density at radius 3 is 1.19 bits per heavy atom. The van der Waals surface area contributed by atoms with E-state index in [4.69, 9.17) is 9.47 Å². The molecule has 4 bridgehead atoms. The number of ether oxygens (including phenoxy) is 2. The fraction of sp³-hybridized carbons (Fsp3) is 0.833. The summed E-state index contributed by atoms with van der Waals surface area (Å²) >= 11 is 0. The highest BCUT2D eigenvalue weighted by atomic mass is 16.6. The van der Waals surface area contributed by atoms with Gasteiger partial charge in [-0.1, -0.05) is 0 Å². The molecular weight excluding hydrogens is 476 g/mol. The standard InChI is InChI=1S/2C12H19NO5/c2*1-12(2,3)18-11(17)13-6-4-7(8(14)5-6)9(13)10(15)16/h2*6-9,14H,4-5H2,1-3H3,(H,15,16)/t2*6-,7+,8+,9-/m10/s1. The summed E-state index contributed by atoms with van der Waals surface area (Å²) in [7, 11) is 0. The summed E-state index contributed by atoms with van der Waals surface area (Å²) in [4.78, 5) is 49.1. The molecule has 2 aliphatic heterocycles.